The number of aryl methyl sites for hydroxylation is 2. The molecule has 2 aromatic carbocycles. The Labute approximate surface area is 254 Å². The summed E-state index contributed by atoms with van der Waals surface area (Å²) in [5.74, 6) is 1.94. The molecule has 0 aliphatic heterocycles. The van der Waals surface area contributed by atoms with Crippen LogP contribution in [0.5, 0.6) is 0 Å². The number of halogens is 2. The van der Waals surface area contributed by atoms with Crippen LogP contribution in [0.15, 0.2) is 24.3 Å². The molecule has 6 heteroatoms. The zero-order valence-corrected chi connectivity index (χ0v) is 29.5. The van der Waals surface area contributed by atoms with Gasteiger partial charge in [0.05, 0.1) is 0 Å². The van der Waals surface area contributed by atoms with Crippen molar-refractivity contribution in [1.82, 2.24) is 0 Å². The van der Waals surface area contributed by atoms with Crippen molar-refractivity contribution in [2.45, 2.75) is 118 Å². The molecule has 3 nitrogen and oxygen atoms in total. The molecule has 2 atom stereocenters. The number of benzene rings is 2. The zero-order chi connectivity index (χ0) is 29.2. The fourth-order valence-corrected chi connectivity index (χ4v) is 5.34. The van der Waals surface area contributed by atoms with Crippen LogP contribution in [0.4, 0.5) is 0 Å². The molecule has 0 aliphatic carbocycles. The van der Waals surface area contributed by atoms with Crippen molar-refractivity contribution in [3.8, 4) is 0 Å². The van der Waals surface area contributed by atoms with E-state index < -0.39 is 0 Å². The first-order valence-corrected chi connectivity index (χ1v) is 19.1. The van der Waals surface area contributed by atoms with E-state index >= 15 is 0 Å². The van der Waals surface area contributed by atoms with E-state index in [1.54, 1.807) is 0 Å². The average Bonchev–Trinajstić information content (AvgIpc) is 2.80. The molecular formula is C32H52Br2CoN3. The first-order valence-electron chi connectivity index (χ1n) is 14.0. The Morgan fingerprint density at radius 3 is 1.05 bits per heavy atom. The average molecular weight is 698 g/mol. The summed E-state index contributed by atoms with van der Waals surface area (Å²) in [7, 11) is 0. The number of nitrogens with zero attached hydrogens (tertiary/aromatic N) is 1. The number of hydrogen-bond acceptors (Lipinski definition) is 2. The van der Waals surface area contributed by atoms with Gasteiger partial charge in [-0.05, 0) is 95.8 Å². The molecule has 4 N–H and O–H groups in total. The first kappa shape index (κ1) is 35.8. The summed E-state index contributed by atoms with van der Waals surface area (Å²) in [5, 5.41) is 4.85. The third kappa shape index (κ3) is 11.3. The molecule has 0 spiro atoms. The van der Waals surface area contributed by atoms with Gasteiger partial charge in [0.15, 0.2) is 0 Å². The molecule has 2 rings (SSSR count). The van der Waals surface area contributed by atoms with E-state index in [-0.39, 0.29) is 12.1 Å². The van der Waals surface area contributed by atoms with Gasteiger partial charge in [0.1, 0.15) is 0 Å². The third-order valence-corrected chi connectivity index (χ3v) is 7.07. The van der Waals surface area contributed by atoms with Crippen LogP contribution < -0.4 is 11.5 Å². The Kier molecular flexibility index (Phi) is 16.6. The normalized spacial score (nSPS) is 13.4. The van der Waals surface area contributed by atoms with E-state index in [4.69, 9.17) is 16.8 Å². The molecule has 0 amide bonds. The van der Waals surface area contributed by atoms with Crippen molar-refractivity contribution in [3.05, 3.63) is 74.1 Å². The molecule has 0 saturated heterocycles. The van der Waals surface area contributed by atoms with Crippen LogP contribution in [-0.2, 0) is 24.0 Å². The van der Waals surface area contributed by atoms with Crippen LogP contribution in [0.25, 0.3) is 5.32 Å². The van der Waals surface area contributed by atoms with Gasteiger partial charge >= 0.3 is 39.5 Å². The monoisotopic (exact) mass is 695 g/mol. The van der Waals surface area contributed by atoms with Crippen molar-refractivity contribution >= 4 is 28.3 Å². The number of rotatable bonds is 12. The summed E-state index contributed by atoms with van der Waals surface area (Å²) in [6, 6.07) is 9.38. The van der Waals surface area contributed by atoms with Gasteiger partial charge in [0, 0.05) is 0 Å². The minimum absolute atomic E-state index is 0.0109. The molecular weight excluding hydrogens is 645 g/mol. The van der Waals surface area contributed by atoms with Gasteiger partial charge in [-0.25, -0.2) is 0 Å². The molecule has 0 saturated carbocycles. The van der Waals surface area contributed by atoms with Crippen LogP contribution in [-0.4, -0.2) is 25.2 Å². The quantitative estimate of drug-likeness (QED) is 0.232. The van der Waals surface area contributed by atoms with Gasteiger partial charge in [0.2, 0.25) is 0 Å². The van der Waals surface area contributed by atoms with Crippen LogP contribution >= 0.6 is 28.3 Å². The fraction of sp³-hybridized carbons (Fsp3) is 0.625. The molecule has 2 unspecified atom stereocenters. The maximum absolute atomic E-state index is 6.63. The molecule has 0 heterocycles. The van der Waals surface area contributed by atoms with Gasteiger partial charge in [-0.2, -0.15) is 0 Å². The molecule has 0 aromatic heterocycles. The van der Waals surface area contributed by atoms with Crippen LogP contribution in [0.1, 0.15) is 124 Å². The minimum atomic E-state index is 0.0109. The van der Waals surface area contributed by atoms with E-state index in [1.165, 1.54) is 44.5 Å². The van der Waals surface area contributed by atoms with Gasteiger partial charge in [-0.15, -0.1) is 13.1 Å². The SMILES string of the molecule is Cc1cc(C(C)C)c(CC(N)C[N-]CC(N)Cc2c(C(C)C)cc(C)cc2C(C)C)c(C(C)C)c1.[Br][Co+][Br]. The van der Waals surface area contributed by atoms with Gasteiger partial charge in [-0.1, -0.05) is 90.8 Å². The van der Waals surface area contributed by atoms with Gasteiger partial charge < -0.3 is 16.8 Å². The zero-order valence-electron chi connectivity index (χ0n) is 25.3. The first-order chi connectivity index (χ1) is 17.7. The number of nitrogens with two attached hydrogens (primary N) is 2. The second-order valence-electron chi connectivity index (χ2n) is 12.0. The molecule has 0 fully saturated rings. The van der Waals surface area contributed by atoms with Crippen molar-refractivity contribution in [3.63, 3.8) is 0 Å². The van der Waals surface area contributed by atoms with Gasteiger partial charge in [-0.3, -0.25) is 0 Å². The third-order valence-electron chi connectivity index (χ3n) is 7.07. The summed E-state index contributed by atoms with van der Waals surface area (Å²) in [6.45, 7) is 23.9. The molecule has 2 aromatic rings. The predicted octanol–water partition coefficient (Wildman–Crippen LogP) is 9.30. The molecule has 0 aliphatic rings. The van der Waals surface area contributed by atoms with Crippen molar-refractivity contribution in [2.24, 2.45) is 11.5 Å². The maximum atomic E-state index is 6.63. The fourth-order valence-electron chi connectivity index (χ4n) is 5.34. The van der Waals surface area contributed by atoms with Crippen LogP contribution in [0.3, 0.4) is 0 Å². The van der Waals surface area contributed by atoms with Crippen molar-refractivity contribution in [2.75, 3.05) is 13.1 Å². The Morgan fingerprint density at radius 2 is 0.842 bits per heavy atom. The summed E-state index contributed by atoms with van der Waals surface area (Å²) >= 11 is 7.12. The van der Waals surface area contributed by atoms with Crippen LogP contribution in [0, 0.1) is 13.8 Å². The second kappa shape index (κ2) is 17.6. The second-order valence-corrected chi connectivity index (χ2v) is 17.3. The topological polar surface area (TPSA) is 66.1 Å². The Morgan fingerprint density at radius 1 is 0.605 bits per heavy atom. The van der Waals surface area contributed by atoms with E-state index in [9.17, 15) is 0 Å². The van der Waals surface area contributed by atoms with Crippen molar-refractivity contribution in [1.29, 1.82) is 0 Å². The van der Waals surface area contributed by atoms with E-state index in [0.29, 0.717) is 36.8 Å². The summed E-state index contributed by atoms with van der Waals surface area (Å²) < 4.78 is 0. The molecule has 0 radical (unpaired) electrons. The van der Waals surface area contributed by atoms with Crippen LogP contribution in [0.2, 0.25) is 0 Å². The predicted molar refractivity (Wildman–Crippen MR) is 173 cm³/mol. The summed E-state index contributed by atoms with van der Waals surface area (Å²) in [4.78, 5) is 0. The van der Waals surface area contributed by atoms with E-state index in [2.05, 4.69) is 122 Å². The standard InChI is InChI=1S/C32H52N3.2BrH.Co/c1-19(2)27-11-23(9)12-28(20(3)4)31(27)15-25(33)17-35-18-26(34)16-32-29(21(5)6)13-24(10)14-30(32)22(7)8;;;/h11-14,19-22,25-26H,15-18,33-34H2,1-10H3;2*1H;/q-1;;;+3/p-2. The molecule has 38 heavy (non-hydrogen) atoms. The number of hydrogen-bond donors (Lipinski definition) is 2. The van der Waals surface area contributed by atoms with Gasteiger partial charge in [0.25, 0.3) is 0 Å². The van der Waals surface area contributed by atoms with E-state index in [1.807, 2.05) is 0 Å². The Balaban J connectivity index is 0.00000229. The molecule has 218 valence electrons. The molecule has 0 bridgehead atoms. The van der Waals surface area contributed by atoms with E-state index in [0.717, 1.165) is 24.0 Å². The van der Waals surface area contributed by atoms with Crippen molar-refractivity contribution < 1.29 is 11.1 Å². The summed E-state index contributed by atoms with van der Waals surface area (Å²) in [6.07, 6.45) is 1.74. The Hall–Kier alpha value is -0.214. The Bertz CT molecular complexity index is 853. The summed E-state index contributed by atoms with van der Waals surface area (Å²) in [5.41, 5.74) is 24.5.